The van der Waals surface area contributed by atoms with E-state index in [2.05, 4.69) is 12.7 Å². The lowest BCUT2D eigenvalue weighted by Gasteiger charge is -2.16. The first-order chi connectivity index (χ1) is 12.1. The van der Waals surface area contributed by atoms with E-state index in [1.165, 1.54) is 0 Å². The van der Waals surface area contributed by atoms with Crippen molar-refractivity contribution in [3.63, 3.8) is 0 Å². The van der Waals surface area contributed by atoms with Gasteiger partial charge in [0.25, 0.3) is 0 Å². The lowest BCUT2D eigenvalue weighted by molar-refractivity contribution is 0.431. The summed E-state index contributed by atoms with van der Waals surface area (Å²) in [6, 6.07) is 19.4. The molecule has 0 bridgehead atoms. The van der Waals surface area contributed by atoms with Crippen LogP contribution >= 0.6 is 24.0 Å². The minimum atomic E-state index is 0. The van der Waals surface area contributed by atoms with E-state index < -0.39 is 0 Å². The van der Waals surface area contributed by atoms with Gasteiger partial charge in [0.1, 0.15) is 11.5 Å². The van der Waals surface area contributed by atoms with Crippen molar-refractivity contribution in [3.8, 4) is 5.75 Å². The maximum absolute atomic E-state index is 5.84. The highest BCUT2D eigenvalue weighted by Gasteiger charge is 2.11. The van der Waals surface area contributed by atoms with Crippen LogP contribution in [0.25, 0.3) is 5.70 Å². The standard InChI is InChI=1S/C14H15NO.C8H9N.HI/c1-11(15)13-9-5-6-10-14(13)16-12-7-3-2-4-8-12;1-7(9)8-5-3-2-4-6-8;/h2-8,10H,9,15H2,1H3;2-6H,1,9H2;1H/b13-11-;;. The summed E-state index contributed by atoms with van der Waals surface area (Å²) < 4.78 is 5.80. The van der Waals surface area contributed by atoms with Crippen molar-refractivity contribution in [2.24, 2.45) is 11.5 Å². The van der Waals surface area contributed by atoms with Gasteiger partial charge in [-0.3, -0.25) is 0 Å². The number of allylic oxidation sites excluding steroid dienone is 5. The molecule has 0 fully saturated rings. The average Bonchev–Trinajstić information content (AvgIpc) is 2.64. The molecule has 0 spiro atoms. The average molecular weight is 460 g/mol. The number of hydrogen-bond donors (Lipinski definition) is 2. The zero-order valence-corrected chi connectivity index (χ0v) is 17.2. The molecule has 0 radical (unpaired) electrons. The topological polar surface area (TPSA) is 61.3 Å². The van der Waals surface area contributed by atoms with Crippen molar-refractivity contribution in [1.82, 2.24) is 0 Å². The number of benzene rings is 2. The molecule has 0 aliphatic heterocycles. The van der Waals surface area contributed by atoms with E-state index in [4.69, 9.17) is 16.2 Å². The summed E-state index contributed by atoms with van der Waals surface area (Å²) in [6.07, 6.45) is 6.84. The summed E-state index contributed by atoms with van der Waals surface area (Å²) >= 11 is 0. The minimum absolute atomic E-state index is 0. The molecule has 3 rings (SSSR count). The molecule has 2 aromatic carbocycles. The summed E-state index contributed by atoms with van der Waals surface area (Å²) in [6.45, 7) is 5.50. The molecule has 0 unspecified atom stereocenters. The summed E-state index contributed by atoms with van der Waals surface area (Å²) in [4.78, 5) is 0. The van der Waals surface area contributed by atoms with Crippen LogP contribution < -0.4 is 16.2 Å². The molecule has 1 aliphatic carbocycles. The van der Waals surface area contributed by atoms with Crippen molar-refractivity contribution in [1.29, 1.82) is 0 Å². The Bertz CT molecular complexity index is 789. The fourth-order valence-electron chi connectivity index (χ4n) is 2.26. The first-order valence-electron chi connectivity index (χ1n) is 8.13. The third-order valence-corrected chi connectivity index (χ3v) is 3.59. The molecular weight excluding hydrogens is 435 g/mol. The molecule has 26 heavy (non-hydrogen) atoms. The van der Waals surface area contributed by atoms with Gasteiger partial charge in [-0.2, -0.15) is 0 Å². The van der Waals surface area contributed by atoms with Crippen LogP contribution in [0.3, 0.4) is 0 Å². The van der Waals surface area contributed by atoms with Crippen molar-refractivity contribution in [2.45, 2.75) is 13.3 Å². The molecule has 4 N–H and O–H groups in total. The second-order valence-electron chi connectivity index (χ2n) is 5.63. The summed E-state index contributed by atoms with van der Waals surface area (Å²) in [5.74, 6) is 1.68. The second-order valence-corrected chi connectivity index (χ2v) is 5.63. The van der Waals surface area contributed by atoms with Crippen molar-refractivity contribution in [3.05, 3.63) is 108 Å². The first-order valence-corrected chi connectivity index (χ1v) is 8.13. The molecule has 3 nitrogen and oxygen atoms in total. The molecule has 0 saturated carbocycles. The van der Waals surface area contributed by atoms with Crippen LogP contribution in [0.15, 0.2) is 102 Å². The Kier molecular flexibility index (Phi) is 9.30. The largest absolute Gasteiger partial charge is 0.457 e. The molecule has 0 saturated heterocycles. The van der Waals surface area contributed by atoms with Crippen LogP contribution in [-0.4, -0.2) is 0 Å². The van der Waals surface area contributed by atoms with E-state index in [1.54, 1.807) is 0 Å². The van der Waals surface area contributed by atoms with E-state index in [0.29, 0.717) is 5.70 Å². The molecule has 0 atom stereocenters. The van der Waals surface area contributed by atoms with Gasteiger partial charge in [-0.05, 0) is 37.1 Å². The Morgan fingerprint density at radius 2 is 1.54 bits per heavy atom. The fourth-order valence-corrected chi connectivity index (χ4v) is 2.26. The number of para-hydroxylation sites is 1. The van der Waals surface area contributed by atoms with Crippen molar-refractivity contribution >= 4 is 29.7 Å². The van der Waals surface area contributed by atoms with Crippen molar-refractivity contribution in [2.75, 3.05) is 0 Å². The van der Waals surface area contributed by atoms with E-state index in [9.17, 15) is 0 Å². The molecule has 4 heteroatoms. The molecular formula is C22H25IN2O. The summed E-state index contributed by atoms with van der Waals surface area (Å²) in [5, 5.41) is 0. The van der Waals surface area contributed by atoms with Gasteiger partial charge >= 0.3 is 0 Å². The molecule has 2 aromatic rings. The van der Waals surface area contributed by atoms with Crippen LogP contribution in [-0.2, 0) is 0 Å². The van der Waals surface area contributed by atoms with Gasteiger partial charge in [-0.25, -0.2) is 0 Å². The van der Waals surface area contributed by atoms with Crippen LogP contribution in [0.5, 0.6) is 5.75 Å². The van der Waals surface area contributed by atoms with E-state index in [-0.39, 0.29) is 24.0 Å². The smallest absolute Gasteiger partial charge is 0.132 e. The predicted octanol–water partition coefficient (Wildman–Crippen LogP) is 5.38. The highest BCUT2D eigenvalue weighted by molar-refractivity contribution is 14.0. The lowest BCUT2D eigenvalue weighted by atomic mass is 10.0. The van der Waals surface area contributed by atoms with Crippen LogP contribution in [0.4, 0.5) is 0 Å². The molecule has 0 heterocycles. The Labute approximate surface area is 172 Å². The van der Waals surface area contributed by atoms with Gasteiger partial charge in [-0.15, -0.1) is 24.0 Å². The second kappa shape index (κ2) is 11.2. The summed E-state index contributed by atoms with van der Waals surface area (Å²) in [7, 11) is 0. The van der Waals surface area contributed by atoms with Gasteiger partial charge in [0.2, 0.25) is 0 Å². The number of ether oxygens (including phenoxy) is 1. The highest BCUT2D eigenvalue weighted by Crippen LogP contribution is 2.24. The number of rotatable bonds is 3. The monoisotopic (exact) mass is 460 g/mol. The number of hydrogen-bond acceptors (Lipinski definition) is 3. The maximum Gasteiger partial charge on any atom is 0.132 e. The van der Waals surface area contributed by atoms with Gasteiger partial charge in [0, 0.05) is 17.0 Å². The van der Waals surface area contributed by atoms with Crippen molar-refractivity contribution < 1.29 is 4.74 Å². The molecule has 0 amide bonds. The van der Waals surface area contributed by atoms with Gasteiger partial charge < -0.3 is 16.2 Å². The zero-order valence-electron chi connectivity index (χ0n) is 14.9. The predicted molar refractivity (Wildman–Crippen MR) is 121 cm³/mol. The molecule has 1 aliphatic rings. The van der Waals surface area contributed by atoms with Gasteiger partial charge in [0.05, 0.1) is 0 Å². The summed E-state index contributed by atoms with van der Waals surface area (Å²) in [5.41, 5.74) is 14.7. The normalized spacial score (nSPS) is 14.1. The Hall–Kier alpha value is -2.47. The fraction of sp³-hybridized carbons (Fsp3) is 0.0909. The van der Waals surface area contributed by atoms with Crippen LogP contribution in [0, 0.1) is 0 Å². The number of halogens is 1. The minimum Gasteiger partial charge on any atom is -0.457 e. The zero-order chi connectivity index (χ0) is 18.1. The quantitative estimate of drug-likeness (QED) is 0.605. The SMILES string of the molecule is C/C(N)=C1\CC=CC=C1Oc1ccccc1.C=C(N)c1ccccc1.I. The highest BCUT2D eigenvalue weighted by atomic mass is 127. The maximum atomic E-state index is 5.84. The van der Waals surface area contributed by atoms with E-state index in [0.717, 1.165) is 34.8 Å². The van der Waals surface area contributed by atoms with E-state index in [1.807, 2.05) is 79.7 Å². The first kappa shape index (κ1) is 21.6. The Morgan fingerprint density at radius 1 is 0.962 bits per heavy atom. The third kappa shape index (κ3) is 6.80. The van der Waals surface area contributed by atoms with Gasteiger partial charge in [0.15, 0.2) is 0 Å². The van der Waals surface area contributed by atoms with Crippen LogP contribution in [0.2, 0.25) is 0 Å². The van der Waals surface area contributed by atoms with Gasteiger partial charge in [-0.1, -0.05) is 67.3 Å². The molecule has 136 valence electrons. The third-order valence-electron chi connectivity index (χ3n) is 3.59. The molecule has 0 aromatic heterocycles. The Balaban J connectivity index is 0.000000290. The van der Waals surface area contributed by atoms with Crippen LogP contribution in [0.1, 0.15) is 18.9 Å². The lowest BCUT2D eigenvalue weighted by Crippen LogP contribution is -2.07. The number of nitrogens with two attached hydrogens (primary N) is 2. The van der Waals surface area contributed by atoms with E-state index >= 15 is 0 Å². The Morgan fingerprint density at radius 3 is 2.04 bits per heavy atom.